The van der Waals surface area contributed by atoms with E-state index in [9.17, 15) is 0 Å². The Labute approximate surface area is 104 Å². The third-order valence-corrected chi connectivity index (χ3v) is 3.15. The van der Waals surface area contributed by atoms with Crippen molar-refractivity contribution >= 4 is 32.4 Å². The zero-order valence-electron chi connectivity index (χ0n) is 9.48. The summed E-state index contributed by atoms with van der Waals surface area (Å²) in [6.07, 6.45) is 1.74. The molecule has 90 valence electrons. The van der Waals surface area contributed by atoms with Gasteiger partial charge in [-0.15, -0.1) is 6.58 Å². The Balaban J connectivity index is 1.93. The lowest BCUT2D eigenvalue weighted by molar-refractivity contribution is 0.173. The number of rotatable bonds is 6. The SMILES string of the molecule is C=CCOCCNc1nc2ccc(N)cc2s1. The molecule has 0 spiro atoms. The van der Waals surface area contributed by atoms with Gasteiger partial charge in [0.25, 0.3) is 0 Å². The number of hydrogen-bond acceptors (Lipinski definition) is 5. The van der Waals surface area contributed by atoms with E-state index < -0.39 is 0 Å². The summed E-state index contributed by atoms with van der Waals surface area (Å²) >= 11 is 1.60. The van der Waals surface area contributed by atoms with Crippen LogP contribution in [0.3, 0.4) is 0 Å². The Morgan fingerprint density at radius 2 is 2.41 bits per heavy atom. The van der Waals surface area contributed by atoms with E-state index in [1.165, 1.54) is 0 Å². The van der Waals surface area contributed by atoms with Gasteiger partial charge in [0, 0.05) is 12.2 Å². The first-order valence-electron chi connectivity index (χ1n) is 5.38. The largest absolute Gasteiger partial charge is 0.399 e. The van der Waals surface area contributed by atoms with Crippen LogP contribution in [0.4, 0.5) is 10.8 Å². The fourth-order valence-corrected chi connectivity index (χ4v) is 2.35. The minimum atomic E-state index is 0.581. The summed E-state index contributed by atoms with van der Waals surface area (Å²) in [5, 5.41) is 4.12. The highest BCUT2D eigenvalue weighted by Crippen LogP contribution is 2.27. The highest BCUT2D eigenvalue weighted by Gasteiger charge is 2.02. The maximum atomic E-state index is 5.72. The summed E-state index contributed by atoms with van der Waals surface area (Å²) in [6.45, 7) is 5.55. The predicted molar refractivity (Wildman–Crippen MR) is 73.5 cm³/mol. The second kappa shape index (κ2) is 5.65. The highest BCUT2D eigenvalue weighted by atomic mass is 32.1. The van der Waals surface area contributed by atoms with Crippen LogP contribution < -0.4 is 11.1 Å². The number of ether oxygens (including phenoxy) is 1. The van der Waals surface area contributed by atoms with Crippen molar-refractivity contribution in [1.29, 1.82) is 0 Å². The lowest BCUT2D eigenvalue weighted by Crippen LogP contribution is -2.08. The van der Waals surface area contributed by atoms with Crippen molar-refractivity contribution in [1.82, 2.24) is 4.98 Å². The summed E-state index contributed by atoms with van der Waals surface area (Å²) in [5.41, 5.74) is 7.45. The maximum Gasteiger partial charge on any atom is 0.183 e. The molecule has 1 heterocycles. The van der Waals surface area contributed by atoms with Crippen LogP contribution in [-0.4, -0.2) is 24.7 Å². The van der Waals surface area contributed by atoms with Gasteiger partial charge >= 0.3 is 0 Å². The normalized spacial score (nSPS) is 10.6. The molecule has 0 amide bonds. The van der Waals surface area contributed by atoms with Crippen molar-refractivity contribution in [2.45, 2.75) is 0 Å². The first kappa shape index (κ1) is 11.9. The molecule has 2 aromatic rings. The van der Waals surface area contributed by atoms with Crippen LogP contribution in [0, 0.1) is 0 Å². The van der Waals surface area contributed by atoms with Gasteiger partial charge in [0.2, 0.25) is 0 Å². The van der Waals surface area contributed by atoms with E-state index in [0.29, 0.717) is 13.2 Å². The number of thiazole rings is 1. The van der Waals surface area contributed by atoms with Crippen molar-refractivity contribution in [3.05, 3.63) is 30.9 Å². The molecule has 4 nitrogen and oxygen atoms in total. The van der Waals surface area contributed by atoms with Crippen molar-refractivity contribution in [2.24, 2.45) is 0 Å². The number of nitrogens with two attached hydrogens (primary N) is 1. The molecule has 1 aromatic heterocycles. The molecule has 0 aliphatic heterocycles. The molecule has 0 bridgehead atoms. The zero-order chi connectivity index (χ0) is 12.1. The van der Waals surface area contributed by atoms with Gasteiger partial charge in [0.15, 0.2) is 5.13 Å². The van der Waals surface area contributed by atoms with Crippen molar-refractivity contribution in [3.8, 4) is 0 Å². The van der Waals surface area contributed by atoms with Gasteiger partial charge in [-0.3, -0.25) is 0 Å². The molecule has 0 aliphatic rings. The molecule has 0 atom stereocenters. The minimum absolute atomic E-state index is 0.581. The van der Waals surface area contributed by atoms with Crippen molar-refractivity contribution in [3.63, 3.8) is 0 Å². The van der Waals surface area contributed by atoms with E-state index in [4.69, 9.17) is 10.5 Å². The number of benzene rings is 1. The van der Waals surface area contributed by atoms with E-state index in [1.807, 2.05) is 18.2 Å². The number of fused-ring (bicyclic) bond motifs is 1. The lowest BCUT2D eigenvalue weighted by atomic mass is 10.3. The van der Waals surface area contributed by atoms with Crippen LogP contribution in [0.2, 0.25) is 0 Å². The molecule has 17 heavy (non-hydrogen) atoms. The lowest BCUT2D eigenvalue weighted by Gasteiger charge is -2.01. The van der Waals surface area contributed by atoms with Crippen molar-refractivity contribution in [2.75, 3.05) is 30.8 Å². The Hall–Kier alpha value is -1.59. The number of anilines is 2. The summed E-state index contributed by atoms with van der Waals surface area (Å²) < 4.78 is 6.37. The number of nitrogens with zero attached hydrogens (tertiary/aromatic N) is 1. The van der Waals surface area contributed by atoms with Gasteiger partial charge in [-0.2, -0.15) is 0 Å². The average Bonchev–Trinajstić information content (AvgIpc) is 2.70. The van der Waals surface area contributed by atoms with E-state index in [1.54, 1.807) is 17.4 Å². The van der Waals surface area contributed by atoms with E-state index >= 15 is 0 Å². The number of aromatic nitrogens is 1. The number of nitrogen functional groups attached to an aromatic ring is 1. The highest BCUT2D eigenvalue weighted by molar-refractivity contribution is 7.22. The molecule has 0 radical (unpaired) electrons. The van der Waals surface area contributed by atoms with Gasteiger partial charge in [0.05, 0.1) is 23.4 Å². The quantitative estimate of drug-likeness (QED) is 0.469. The minimum Gasteiger partial charge on any atom is -0.399 e. The first-order chi connectivity index (χ1) is 8.29. The van der Waals surface area contributed by atoms with Gasteiger partial charge in [-0.1, -0.05) is 17.4 Å². The standard InChI is InChI=1S/C12H15N3OS/c1-2-6-16-7-5-14-12-15-10-4-3-9(13)8-11(10)17-12/h2-4,8H,1,5-7,13H2,(H,14,15). The van der Waals surface area contributed by atoms with Crippen LogP contribution in [0.15, 0.2) is 30.9 Å². The summed E-state index contributed by atoms with van der Waals surface area (Å²) in [4.78, 5) is 4.45. The first-order valence-corrected chi connectivity index (χ1v) is 6.20. The van der Waals surface area contributed by atoms with Crippen LogP contribution in [-0.2, 0) is 4.74 Å². The Morgan fingerprint density at radius 1 is 1.53 bits per heavy atom. The third-order valence-electron chi connectivity index (χ3n) is 2.17. The molecule has 2 rings (SSSR count). The van der Waals surface area contributed by atoms with Gasteiger partial charge < -0.3 is 15.8 Å². The molecule has 5 heteroatoms. The number of nitrogens with one attached hydrogen (secondary N) is 1. The number of hydrogen-bond donors (Lipinski definition) is 2. The zero-order valence-corrected chi connectivity index (χ0v) is 10.3. The molecule has 3 N–H and O–H groups in total. The summed E-state index contributed by atoms with van der Waals surface area (Å²) in [7, 11) is 0. The van der Waals surface area contributed by atoms with E-state index in [-0.39, 0.29) is 0 Å². The Kier molecular flexibility index (Phi) is 3.95. The third kappa shape index (κ3) is 3.18. The maximum absolute atomic E-state index is 5.72. The second-order valence-corrected chi connectivity index (χ2v) is 4.57. The molecule has 0 unspecified atom stereocenters. The molecule has 1 aromatic carbocycles. The second-order valence-electron chi connectivity index (χ2n) is 3.54. The summed E-state index contributed by atoms with van der Waals surface area (Å²) in [5.74, 6) is 0. The van der Waals surface area contributed by atoms with Crippen LogP contribution >= 0.6 is 11.3 Å². The molecule has 0 fully saturated rings. The monoisotopic (exact) mass is 249 g/mol. The van der Waals surface area contributed by atoms with E-state index in [0.717, 1.165) is 27.6 Å². The molecule has 0 saturated heterocycles. The van der Waals surface area contributed by atoms with Crippen LogP contribution in [0.5, 0.6) is 0 Å². The fourth-order valence-electron chi connectivity index (χ4n) is 1.41. The predicted octanol–water partition coefficient (Wildman–Crippen LogP) is 2.49. The van der Waals surface area contributed by atoms with Gasteiger partial charge in [0.1, 0.15) is 0 Å². The topological polar surface area (TPSA) is 60.2 Å². The molecule has 0 aliphatic carbocycles. The van der Waals surface area contributed by atoms with Gasteiger partial charge in [-0.05, 0) is 18.2 Å². The Morgan fingerprint density at radius 3 is 3.24 bits per heavy atom. The van der Waals surface area contributed by atoms with Crippen LogP contribution in [0.1, 0.15) is 0 Å². The van der Waals surface area contributed by atoms with E-state index in [2.05, 4.69) is 16.9 Å². The summed E-state index contributed by atoms with van der Waals surface area (Å²) in [6, 6.07) is 5.73. The fraction of sp³-hybridized carbons (Fsp3) is 0.250. The smallest absolute Gasteiger partial charge is 0.183 e. The van der Waals surface area contributed by atoms with Gasteiger partial charge in [-0.25, -0.2) is 4.98 Å². The molecular weight excluding hydrogens is 234 g/mol. The molecular formula is C12H15N3OS. The van der Waals surface area contributed by atoms with Crippen LogP contribution in [0.25, 0.3) is 10.2 Å². The average molecular weight is 249 g/mol. The molecule has 0 saturated carbocycles. The Bertz CT molecular complexity index is 509. The van der Waals surface area contributed by atoms with Crippen molar-refractivity contribution < 1.29 is 4.74 Å².